The van der Waals surface area contributed by atoms with E-state index in [0.717, 1.165) is 19.4 Å². The molecule has 2 aromatic rings. The van der Waals surface area contributed by atoms with E-state index in [2.05, 4.69) is 52.5 Å². The second kappa shape index (κ2) is 7.74. The molecule has 0 bridgehead atoms. The van der Waals surface area contributed by atoms with Crippen molar-refractivity contribution in [1.29, 1.82) is 0 Å². The van der Waals surface area contributed by atoms with Crippen molar-refractivity contribution in [2.45, 2.75) is 38.6 Å². The van der Waals surface area contributed by atoms with Crippen LogP contribution in [0.4, 0.5) is 0 Å². The standard InChI is InChI=1S/C16H23N3/c1-2-6-15(11-14-7-4-3-5-8-14)18-10-9-16-12-17-13-19-16/h3-5,7-8,12-13,15,18H,2,6,9-11H2,1H3,(H,17,19). The summed E-state index contributed by atoms with van der Waals surface area (Å²) >= 11 is 0. The minimum absolute atomic E-state index is 0.565. The van der Waals surface area contributed by atoms with E-state index in [1.807, 2.05) is 6.20 Å². The SMILES string of the molecule is CCCC(Cc1ccccc1)NCCc1cnc[nH]1. The maximum Gasteiger partial charge on any atom is 0.0921 e. The molecular weight excluding hydrogens is 234 g/mol. The molecule has 102 valence electrons. The minimum atomic E-state index is 0.565. The van der Waals surface area contributed by atoms with Gasteiger partial charge in [-0.25, -0.2) is 4.98 Å². The first-order chi connectivity index (χ1) is 9.38. The molecule has 0 amide bonds. The number of nitrogens with zero attached hydrogens (tertiary/aromatic N) is 1. The zero-order valence-electron chi connectivity index (χ0n) is 11.6. The van der Waals surface area contributed by atoms with Crippen molar-refractivity contribution in [2.24, 2.45) is 0 Å². The van der Waals surface area contributed by atoms with E-state index < -0.39 is 0 Å². The third kappa shape index (κ3) is 4.87. The zero-order chi connectivity index (χ0) is 13.3. The number of imidazole rings is 1. The Balaban J connectivity index is 1.79. The maximum absolute atomic E-state index is 4.04. The average Bonchev–Trinajstić information content (AvgIpc) is 2.93. The molecule has 1 unspecified atom stereocenters. The van der Waals surface area contributed by atoms with Gasteiger partial charge >= 0.3 is 0 Å². The molecule has 1 atom stereocenters. The lowest BCUT2D eigenvalue weighted by molar-refractivity contribution is 0.475. The summed E-state index contributed by atoms with van der Waals surface area (Å²) in [7, 11) is 0. The number of aromatic amines is 1. The molecule has 0 radical (unpaired) electrons. The average molecular weight is 257 g/mol. The molecule has 2 rings (SSSR count). The van der Waals surface area contributed by atoms with Gasteiger partial charge < -0.3 is 10.3 Å². The van der Waals surface area contributed by atoms with Crippen molar-refractivity contribution in [3.63, 3.8) is 0 Å². The van der Waals surface area contributed by atoms with E-state index in [1.54, 1.807) is 6.33 Å². The Morgan fingerprint density at radius 3 is 2.79 bits per heavy atom. The molecule has 1 aromatic heterocycles. The fraction of sp³-hybridized carbons (Fsp3) is 0.438. The van der Waals surface area contributed by atoms with E-state index >= 15 is 0 Å². The molecule has 0 saturated carbocycles. The van der Waals surface area contributed by atoms with Gasteiger partial charge in [0, 0.05) is 30.9 Å². The fourth-order valence-corrected chi connectivity index (χ4v) is 2.36. The van der Waals surface area contributed by atoms with E-state index in [4.69, 9.17) is 0 Å². The molecule has 2 N–H and O–H groups in total. The smallest absolute Gasteiger partial charge is 0.0921 e. The minimum Gasteiger partial charge on any atom is -0.348 e. The van der Waals surface area contributed by atoms with E-state index in [0.29, 0.717) is 6.04 Å². The molecule has 19 heavy (non-hydrogen) atoms. The van der Waals surface area contributed by atoms with E-state index in [9.17, 15) is 0 Å². The van der Waals surface area contributed by atoms with Crippen LogP contribution in [-0.2, 0) is 12.8 Å². The van der Waals surface area contributed by atoms with Crippen LogP contribution in [0.25, 0.3) is 0 Å². The van der Waals surface area contributed by atoms with Gasteiger partial charge in [0.15, 0.2) is 0 Å². The van der Waals surface area contributed by atoms with Crippen molar-refractivity contribution < 1.29 is 0 Å². The zero-order valence-corrected chi connectivity index (χ0v) is 11.6. The van der Waals surface area contributed by atoms with Crippen LogP contribution in [0.2, 0.25) is 0 Å². The van der Waals surface area contributed by atoms with Crippen LogP contribution in [0.3, 0.4) is 0 Å². The predicted octanol–water partition coefficient (Wildman–Crippen LogP) is 2.95. The summed E-state index contributed by atoms with van der Waals surface area (Å²) in [5, 5.41) is 3.66. The third-order valence-corrected chi connectivity index (χ3v) is 3.34. The highest BCUT2D eigenvalue weighted by Crippen LogP contribution is 2.07. The Morgan fingerprint density at radius 1 is 1.26 bits per heavy atom. The molecular formula is C16H23N3. The highest BCUT2D eigenvalue weighted by Gasteiger charge is 2.08. The Kier molecular flexibility index (Phi) is 5.63. The van der Waals surface area contributed by atoms with Gasteiger partial charge in [-0.2, -0.15) is 0 Å². The van der Waals surface area contributed by atoms with Crippen molar-refractivity contribution in [3.8, 4) is 0 Å². The van der Waals surface area contributed by atoms with Gasteiger partial charge in [-0.05, 0) is 18.4 Å². The molecule has 0 spiro atoms. The number of H-pyrrole nitrogens is 1. The van der Waals surface area contributed by atoms with Gasteiger partial charge in [-0.1, -0.05) is 43.7 Å². The summed E-state index contributed by atoms with van der Waals surface area (Å²) in [6.45, 7) is 3.24. The lowest BCUT2D eigenvalue weighted by Crippen LogP contribution is -2.32. The van der Waals surface area contributed by atoms with Crippen molar-refractivity contribution >= 4 is 0 Å². The predicted molar refractivity (Wildman–Crippen MR) is 79.1 cm³/mol. The Labute approximate surface area is 115 Å². The molecule has 1 heterocycles. The van der Waals surface area contributed by atoms with Crippen molar-refractivity contribution in [1.82, 2.24) is 15.3 Å². The van der Waals surface area contributed by atoms with E-state index in [1.165, 1.54) is 24.1 Å². The molecule has 3 nitrogen and oxygen atoms in total. The van der Waals surface area contributed by atoms with Crippen LogP contribution in [0.5, 0.6) is 0 Å². The maximum atomic E-state index is 4.04. The fourth-order valence-electron chi connectivity index (χ4n) is 2.36. The number of nitrogens with one attached hydrogen (secondary N) is 2. The molecule has 0 aliphatic heterocycles. The molecule has 0 fully saturated rings. The summed E-state index contributed by atoms with van der Waals surface area (Å²) in [5.74, 6) is 0. The molecule has 0 saturated heterocycles. The third-order valence-electron chi connectivity index (χ3n) is 3.34. The first-order valence-electron chi connectivity index (χ1n) is 7.13. The molecule has 1 aromatic carbocycles. The van der Waals surface area contributed by atoms with Crippen LogP contribution in [0.1, 0.15) is 31.0 Å². The molecule has 0 aliphatic rings. The number of hydrogen-bond acceptors (Lipinski definition) is 2. The summed E-state index contributed by atoms with van der Waals surface area (Å²) in [5.41, 5.74) is 2.61. The van der Waals surface area contributed by atoms with Gasteiger partial charge in [-0.3, -0.25) is 0 Å². The quantitative estimate of drug-likeness (QED) is 0.763. The summed E-state index contributed by atoms with van der Waals surface area (Å²) < 4.78 is 0. The number of rotatable bonds is 8. The van der Waals surface area contributed by atoms with E-state index in [-0.39, 0.29) is 0 Å². The first-order valence-corrected chi connectivity index (χ1v) is 7.13. The number of hydrogen-bond donors (Lipinski definition) is 2. The number of aromatic nitrogens is 2. The summed E-state index contributed by atoms with van der Waals surface area (Å²) in [4.78, 5) is 7.18. The Morgan fingerprint density at radius 2 is 2.11 bits per heavy atom. The summed E-state index contributed by atoms with van der Waals surface area (Å²) in [6.07, 6.45) is 8.19. The second-order valence-electron chi connectivity index (χ2n) is 4.96. The number of benzene rings is 1. The van der Waals surface area contributed by atoms with Crippen LogP contribution < -0.4 is 5.32 Å². The topological polar surface area (TPSA) is 40.7 Å². The second-order valence-corrected chi connectivity index (χ2v) is 4.96. The monoisotopic (exact) mass is 257 g/mol. The molecule has 3 heteroatoms. The van der Waals surface area contributed by atoms with Gasteiger partial charge in [-0.15, -0.1) is 0 Å². The summed E-state index contributed by atoms with van der Waals surface area (Å²) in [6, 6.07) is 11.3. The Hall–Kier alpha value is -1.61. The van der Waals surface area contributed by atoms with Gasteiger partial charge in [0.05, 0.1) is 6.33 Å². The Bertz CT molecular complexity index is 436. The largest absolute Gasteiger partial charge is 0.348 e. The lowest BCUT2D eigenvalue weighted by atomic mass is 10.0. The van der Waals surface area contributed by atoms with Gasteiger partial charge in [0.1, 0.15) is 0 Å². The lowest BCUT2D eigenvalue weighted by Gasteiger charge is -2.18. The van der Waals surface area contributed by atoms with Gasteiger partial charge in [0.25, 0.3) is 0 Å². The normalized spacial score (nSPS) is 12.5. The van der Waals surface area contributed by atoms with Crippen LogP contribution in [0, 0.1) is 0 Å². The highest BCUT2D eigenvalue weighted by molar-refractivity contribution is 5.15. The highest BCUT2D eigenvalue weighted by atomic mass is 14.9. The van der Waals surface area contributed by atoms with Crippen molar-refractivity contribution in [3.05, 3.63) is 54.1 Å². The van der Waals surface area contributed by atoms with Crippen LogP contribution >= 0.6 is 0 Å². The van der Waals surface area contributed by atoms with Crippen LogP contribution in [-0.4, -0.2) is 22.6 Å². The molecule has 0 aliphatic carbocycles. The van der Waals surface area contributed by atoms with Gasteiger partial charge in [0.2, 0.25) is 0 Å². The van der Waals surface area contributed by atoms with Crippen molar-refractivity contribution in [2.75, 3.05) is 6.54 Å². The van der Waals surface area contributed by atoms with Crippen LogP contribution in [0.15, 0.2) is 42.9 Å². The first kappa shape index (κ1) is 13.8.